The lowest BCUT2D eigenvalue weighted by Gasteiger charge is -2.08. The third-order valence-electron chi connectivity index (χ3n) is 2.19. The molecule has 84 valence electrons. The van der Waals surface area contributed by atoms with Crippen LogP contribution in [0.5, 0.6) is 11.5 Å². The zero-order valence-electron chi connectivity index (χ0n) is 8.36. The molecule has 0 aliphatic heterocycles. The number of anilines is 1. The summed E-state index contributed by atoms with van der Waals surface area (Å²) in [7, 11) is 0. The van der Waals surface area contributed by atoms with E-state index in [1.807, 2.05) is 0 Å². The maximum Gasteiger partial charge on any atom is 0.177 e. The van der Waals surface area contributed by atoms with Gasteiger partial charge in [-0.05, 0) is 18.6 Å². The Morgan fingerprint density at radius 1 is 1.38 bits per heavy atom. The van der Waals surface area contributed by atoms with Crippen LogP contribution in [0.25, 0.3) is 11.3 Å². The lowest BCUT2D eigenvalue weighted by atomic mass is 10.1. The highest BCUT2D eigenvalue weighted by atomic mass is 35.5. The Morgan fingerprint density at radius 2 is 2.06 bits per heavy atom. The van der Waals surface area contributed by atoms with Crippen molar-refractivity contribution >= 4 is 17.4 Å². The van der Waals surface area contributed by atoms with Crippen LogP contribution >= 0.6 is 11.6 Å². The van der Waals surface area contributed by atoms with Gasteiger partial charge in [0.15, 0.2) is 23.1 Å². The number of aromatic nitrogens is 1. The molecular weight excluding hydrogens is 232 g/mol. The van der Waals surface area contributed by atoms with Crippen LogP contribution in [0.4, 0.5) is 5.82 Å². The Bertz CT molecular complexity index is 551. The summed E-state index contributed by atoms with van der Waals surface area (Å²) in [5, 5.41) is 22.4. The maximum absolute atomic E-state index is 9.50. The van der Waals surface area contributed by atoms with Crippen LogP contribution in [-0.4, -0.2) is 15.4 Å². The highest BCUT2D eigenvalue weighted by Gasteiger charge is 2.18. The van der Waals surface area contributed by atoms with Crippen LogP contribution in [0.1, 0.15) is 5.56 Å². The molecule has 0 aliphatic carbocycles. The number of phenolic OH excluding ortho intramolecular Hbond substituents is 2. The predicted molar refractivity (Wildman–Crippen MR) is 59.4 cm³/mol. The quantitative estimate of drug-likeness (QED) is 0.665. The average Bonchev–Trinajstić information content (AvgIpc) is 2.61. The minimum Gasteiger partial charge on any atom is -0.504 e. The zero-order valence-corrected chi connectivity index (χ0v) is 9.12. The number of aromatic hydroxyl groups is 2. The first-order valence-electron chi connectivity index (χ1n) is 4.44. The number of halogens is 1. The SMILES string of the molecule is Cc1cc(O)c(O)c(Cl)c1-c1cc(N)no1. The highest BCUT2D eigenvalue weighted by molar-refractivity contribution is 6.35. The number of rotatable bonds is 1. The lowest BCUT2D eigenvalue weighted by Crippen LogP contribution is -1.85. The summed E-state index contributed by atoms with van der Waals surface area (Å²) in [6.07, 6.45) is 0. The Morgan fingerprint density at radius 3 is 2.62 bits per heavy atom. The second-order valence-corrected chi connectivity index (χ2v) is 3.74. The Hall–Kier alpha value is -1.88. The van der Waals surface area contributed by atoms with Gasteiger partial charge >= 0.3 is 0 Å². The van der Waals surface area contributed by atoms with Crippen molar-refractivity contribution in [3.63, 3.8) is 0 Å². The molecule has 0 radical (unpaired) electrons. The molecule has 5 nitrogen and oxygen atoms in total. The van der Waals surface area contributed by atoms with E-state index in [9.17, 15) is 10.2 Å². The van der Waals surface area contributed by atoms with Crippen molar-refractivity contribution in [3.8, 4) is 22.8 Å². The molecule has 0 saturated carbocycles. The highest BCUT2D eigenvalue weighted by Crippen LogP contribution is 2.43. The molecule has 2 aromatic rings. The first-order chi connectivity index (χ1) is 7.50. The number of nitrogens with zero attached hydrogens (tertiary/aromatic N) is 1. The van der Waals surface area contributed by atoms with Crippen LogP contribution < -0.4 is 5.73 Å². The number of benzene rings is 1. The van der Waals surface area contributed by atoms with Crippen LogP contribution in [-0.2, 0) is 0 Å². The molecule has 0 spiro atoms. The van der Waals surface area contributed by atoms with Gasteiger partial charge in [-0.3, -0.25) is 0 Å². The number of nitrogens with two attached hydrogens (primary N) is 1. The van der Waals surface area contributed by atoms with Crippen LogP contribution in [0, 0.1) is 6.92 Å². The second kappa shape index (κ2) is 3.61. The molecule has 0 amide bonds. The van der Waals surface area contributed by atoms with Gasteiger partial charge in [-0.25, -0.2) is 0 Å². The van der Waals surface area contributed by atoms with E-state index in [0.29, 0.717) is 16.9 Å². The van der Waals surface area contributed by atoms with E-state index < -0.39 is 5.75 Å². The van der Waals surface area contributed by atoms with Gasteiger partial charge in [0, 0.05) is 11.6 Å². The fourth-order valence-electron chi connectivity index (χ4n) is 1.46. The van der Waals surface area contributed by atoms with Crippen molar-refractivity contribution in [2.75, 3.05) is 5.73 Å². The topological polar surface area (TPSA) is 92.5 Å². The first-order valence-corrected chi connectivity index (χ1v) is 4.82. The molecule has 0 unspecified atom stereocenters. The van der Waals surface area contributed by atoms with Gasteiger partial charge in [0.2, 0.25) is 0 Å². The molecule has 0 saturated heterocycles. The standard InChI is InChI=1S/C10H9ClN2O3/c1-4-2-5(14)10(15)9(11)8(4)6-3-7(12)13-16-6/h2-3,14-15H,1H3,(H2,12,13). The van der Waals surface area contributed by atoms with Gasteiger partial charge < -0.3 is 20.5 Å². The molecule has 0 aliphatic rings. The van der Waals surface area contributed by atoms with E-state index in [0.717, 1.165) is 0 Å². The predicted octanol–water partition coefficient (Wildman–Crippen LogP) is 2.30. The van der Waals surface area contributed by atoms with Gasteiger partial charge in [0.1, 0.15) is 0 Å². The van der Waals surface area contributed by atoms with Crippen molar-refractivity contribution < 1.29 is 14.7 Å². The van der Waals surface area contributed by atoms with E-state index >= 15 is 0 Å². The summed E-state index contributed by atoms with van der Waals surface area (Å²) in [6.45, 7) is 1.72. The van der Waals surface area contributed by atoms with Crippen molar-refractivity contribution in [1.82, 2.24) is 5.16 Å². The summed E-state index contributed by atoms with van der Waals surface area (Å²) in [5.41, 5.74) is 6.53. The molecule has 2 rings (SSSR count). The van der Waals surface area contributed by atoms with Crippen LogP contribution in [0.15, 0.2) is 16.7 Å². The maximum atomic E-state index is 9.50. The number of hydrogen-bond donors (Lipinski definition) is 3. The first kappa shape index (κ1) is 10.6. The molecule has 16 heavy (non-hydrogen) atoms. The fourth-order valence-corrected chi connectivity index (χ4v) is 1.80. The van der Waals surface area contributed by atoms with Crippen molar-refractivity contribution in [1.29, 1.82) is 0 Å². The molecule has 0 bridgehead atoms. The van der Waals surface area contributed by atoms with Crippen LogP contribution in [0.2, 0.25) is 5.02 Å². The zero-order chi connectivity index (χ0) is 11.9. The normalized spacial score (nSPS) is 10.6. The number of hydrogen-bond acceptors (Lipinski definition) is 5. The second-order valence-electron chi connectivity index (χ2n) is 3.37. The summed E-state index contributed by atoms with van der Waals surface area (Å²) in [6, 6.07) is 2.87. The van der Waals surface area contributed by atoms with Crippen LogP contribution in [0.3, 0.4) is 0 Å². The Balaban J connectivity index is 2.70. The Kier molecular flexibility index (Phi) is 2.40. The minimum absolute atomic E-state index is 0.00801. The van der Waals surface area contributed by atoms with E-state index in [2.05, 4.69) is 5.16 Å². The third-order valence-corrected chi connectivity index (χ3v) is 2.56. The van der Waals surface area contributed by atoms with E-state index in [1.165, 1.54) is 12.1 Å². The summed E-state index contributed by atoms with van der Waals surface area (Å²) in [5.74, 6) is -0.107. The molecule has 1 aromatic heterocycles. The number of phenols is 2. The number of aryl methyl sites for hydroxylation is 1. The van der Waals surface area contributed by atoms with E-state index in [4.69, 9.17) is 21.9 Å². The van der Waals surface area contributed by atoms with Gasteiger partial charge in [-0.2, -0.15) is 0 Å². The lowest BCUT2D eigenvalue weighted by molar-refractivity contribution is 0.402. The van der Waals surface area contributed by atoms with Crippen molar-refractivity contribution in [2.45, 2.75) is 6.92 Å². The van der Waals surface area contributed by atoms with E-state index in [-0.39, 0.29) is 16.6 Å². The van der Waals surface area contributed by atoms with Gasteiger partial charge in [0.05, 0.1) is 5.02 Å². The smallest absolute Gasteiger partial charge is 0.177 e. The molecule has 0 fully saturated rings. The minimum atomic E-state index is -0.391. The summed E-state index contributed by atoms with van der Waals surface area (Å²) < 4.78 is 4.95. The van der Waals surface area contributed by atoms with Gasteiger partial charge in [-0.1, -0.05) is 16.8 Å². The van der Waals surface area contributed by atoms with Gasteiger partial charge in [0.25, 0.3) is 0 Å². The fraction of sp³-hybridized carbons (Fsp3) is 0.100. The monoisotopic (exact) mass is 240 g/mol. The number of nitrogen functional groups attached to an aromatic ring is 1. The van der Waals surface area contributed by atoms with Gasteiger partial charge in [-0.15, -0.1) is 0 Å². The average molecular weight is 241 g/mol. The Labute approximate surface area is 96.1 Å². The van der Waals surface area contributed by atoms with Crippen molar-refractivity contribution in [2.24, 2.45) is 0 Å². The van der Waals surface area contributed by atoms with E-state index in [1.54, 1.807) is 6.92 Å². The molecule has 1 aromatic carbocycles. The van der Waals surface area contributed by atoms with Crippen molar-refractivity contribution in [3.05, 3.63) is 22.7 Å². The molecular formula is C10H9ClN2O3. The summed E-state index contributed by atoms with van der Waals surface area (Å²) >= 11 is 5.91. The summed E-state index contributed by atoms with van der Waals surface area (Å²) in [4.78, 5) is 0. The third kappa shape index (κ3) is 1.55. The molecule has 6 heteroatoms. The molecule has 0 atom stereocenters. The molecule has 1 heterocycles. The largest absolute Gasteiger partial charge is 0.504 e. The molecule has 4 N–H and O–H groups in total.